The van der Waals surface area contributed by atoms with E-state index >= 15 is 0 Å². The van der Waals surface area contributed by atoms with Gasteiger partial charge in [0.05, 0.1) is 11.4 Å². The van der Waals surface area contributed by atoms with Crippen LogP contribution in [0, 0.1) is 0 Å². The number of aliphatic imine (C=N–C) groups is 2. The molecule has 472 valence electrons. The Morgan fingerprint density at radius 1 is 0.202 bits per heavy atom. The van der Waals surface area contributed by atoms with Crippen LogP contribution in [0.2, 0.25) is 0 Å². The molecule has 6 nitrogen and oxygen atoms in total. The first-order valence-corrected chi connectivity index (χ1v) is 35.2. The first-order chi connectivity index (χ1) is 44.7. The molecule has 0 aliphatic carbocycles. The molecular formula is C82H70Cu2N4O2P4. The summed E-state index contributed by atoms with van der Waals surface area (Å²) in [5, 5.41) is 16.9. The number of benzene rings is 12. The molecule has 0 bridgehead atoms. The number of rotatable bonds is 16. The smallest absolute Gasteiger partial charge is 0.663 e. The Morgan fingerprint density at radius 3 is 0.543 bits per heavy atom. The van der Waals surface area contributed by atoms with Crippen molar-refractivity contribution in [1.29, 1.82) is 0 Å². The largest absolute Gasteiger partial charge is 1.00 e. The third kappa shape index (κ3) is 20.6. The average molecular weight is 1390 g/mol. The maximum absolute atomic E-state index is 4.26. The van der Waals surface area contributed by atoms with E-state index < -0.39 is 31.7 Å². The second kappa shape index (κ2) is 39.7. The van der Waals surface area contributed by atoms with Crippen LogP contribution in [0.4, 0.5) is 11.4 Å². The van der Waals surface area contributed by atoms with Crippen LogP contribution in [-0.2, 0) is 34.1 Å². The van der Waals surface area contributed by atoms with Crippen molar-refractivity contribution in [3.05, 3.63) is 400 Å². The Morgan fingerprint density at radius 2 is 0.372 bits per heavy atom. The Balaban J connectivity index is 0.000000188. The molecule has 94 heavy (non-hydrogen) atoms. The average Bonchev–Trinajstić information content (AvgIpc) is 0.892. The van der Waals surface area contributed by atoms with Crippen molar-refractivity contribution in [3.8, 4) is 0 Å². The molecule has 2 aromatic heterocycles. The molecule has 0 saturated heterocycles. The van der Waals surface area contributed by atoms with Crippen molar-refractivity contribution in [3.63, 3.8) is 0 Å². The summed E-state index contributed by atoms with van der Waals surface area (Å²) >= 11 is 0. The molecule has 0 unspecified atom stereocenters. The summed E-state index contributed by atoms with van der Waals surface area (Å²) < 4.78 is 0. The van der Waals surface area contributed by atoms with Crippen molar-refractivity contribution >= 4 is 119 Å². The van der Waals surface area contributed by atoms with Gasteiger partial charge in [0.15, 0.2) is 0 Å². The molecule has 14 aromatic rings. The molecule has 0 saturated carbocycles. The zero-order chi connectivity index (χ0) is 61.0. The van der Waals surface area contributed by atoms with Crippen LogP contribution in [0.1, 0.15) is 11.4 Å². The van der Waals surface area contributed by atoms with Crippen LogP contribution in [0.25, 0.3) is 0 Å². The summed E-state index contributed by atoms with van der Waals surface area (Å²) in [6.07, 6.45) is 7.03. The Bertz CT molecular complexity index is 3700. The second-order valence-corrected chi connectivity index (χ2v) is 29.1. The van der Waals surface area contributed by atoms with Crippen LogP contribution in [0.5, 0.6) is 0 Å². The third-order valence-electron chi connectivity index (χ3n) is 14.2. The van der Waals surface area contributed by atoms with Crippen molar-refractivity contribution in [2.75, 3.05) is 0 Å². The van der Waals surface area contributed by atoms with Gasteiger partial charge in [0, 0.05) is 12.4 Å². The molecule has 0 amide bonds. The summed E-state index contributed by atoms with van der Waals surface area (Å²) in [7, 11) is -2.66. The first-order valence-electron chi connectivity index (χ1n) is 29.9. The fourth-order valence-electron chi connectivity index (χ4n) is 10.1. The number of hydrogen-bond donors (Lipinski definition) is 0. The molecule has 0 fully saturated rings. The van der Waals surface area contributed by atoms with Crippen molar-refractivity contribution in [1.82, 2.24) is 9.97 Å². The van der Waals surface area contributed by atoms with Crippen LogP contribution < -0.4 is 73.6 Å². The first kappa shape index (κ1) is 72.6. The fourth-order valence-corrected chi connectivity index (χ4v) is 20.6. The predicted octanol–water partition coefficient (Wildman–Crippen LogP) is 13.5. The number of hydrogen-bond acceptors (Lipinski definition) is 2. The van der Waals surface area contributed by atoms with E-state index in [9.17, 15) is 0 Å². The molecule has 0 atom stereocenters. The molecule has 2 heterocycles. The van der Waals surface area contributed by atoms with E-state index in [-0.39, 0.29) is 45.1 Å². The maximum atomic E-state index is 4.26. The Kier molecular flexibility index (Phi) is 30.7. The topological polar surface area (TPSA) is 116 Å². The normalized spacial score (nSPS) is 10.5. The molecule has 12 heteroatoms. The summed E-state index contributed by atoms with van der Waals surface area (Å²) in [5.41, 5.74) is 3.68. The van der Waals surface area contributed by atoms with Gasteiger partial charge in [-0.3, -0.25) is 9.98 Å². The number of nitrogens with zero attached hydrogens (tertiary/aromatic N) is 4. The van der Waals surface area contributed by atoms with Gasteiger partial charge in [-0.1, -0.05) is 352 Å². The van der Waals surface area contributed by atoms with Crippen molar-refractivity contribution < 1.29 is 45.1 Å². The monoisotopic (exact) mass is 1390 g/mol. The minimum absolute atomic E-state index is 0. The van der Waals surface area contributed by atoms with Gasteiger partial charge >= 0.3 is 34.1 Å². The summed E-state index contributed by atoms with van der Waals surface area (Å²) in [6, 6.07) is 133. The van der Waals surface area contributed by atoms with E-state index in [1.807, 2.05) is 84.9 Å². The van der Waals surface area contributed by atoms with Gasteiger partial charge in [-0.25, -0.2) is 0 Å². The van der Waals surface area contributed by atoms with Crippen LogP contribution in [0.15, 0.2) is 398 Å². The maximum Gasteiger partial charge on any atom is 1.00 e. The Labute approximate surface area is 579 Å². The Hall–Kier alpha value is -8.78. The van der Waals surface area contributed by atoms with Gasteiger partial charge in [0.2, 0.25) is 0 Å². The van der Waals surface area contributed by atoms with Gasteiger partial charge in [-0.15, -0.1) is 11.4 Å². The molecule has 0 aliphatic rings. The standard InChI is InChI=1S/2C30H24P2.2C11H9N2.2Cu.2H2O/c2*1-5-15-25(16-6-1)31(26-17-7-2-8-18-26)29-23-13-14-24-30(29)32(27-19-9-3-10-20-27)28-21-11-4-12-22-28;2*1-2-5-10(6-3-1)13-9-11-7-4-8-12-11;;;;/h2*1-24H;2*1-9H;;;2*1H2/q;;2*-1;2*+1;;. The van der Waals surface area contributed by atoms with Crippen LogP contribution in [0.3, 0.4) is 0 Å². The van der Waals surface area contributed by atoms with Crippen LogP contribution in [-0.4, -0.2) is 23.4 Å². The molecule has 0 spiro atoms. The minimum Gasteiger partial charge on any atom is -0.663 e. The van der Waals surface area contributed by atoms with E-state index in [1.54, 1.807) is 24.8 Å². The summed E-state index contributed by atoms with van der Waals surface area (Å²) in [6.45, 7) is 0. The molecule has 0 radical (unpaired) electrons. The van der Waals surface area contributed by atoms with Crippen molar-refractivity contribution in [2.24, 2.45) is 9.98 Å². The quantitative estimate of drug-likeness (QED) is 0.0544. The molecule has 12 aromatic carbocycles. The fraction of sp³-hybridized carbons (Fsp3) is 0. The van der Waals surface area contributed by atoms with Crippen molar-refractivity contribution in [2.45, 2.75) is 0 Å². The van der Waals surface area contributed by atoms with Crippen LogP contribution >= 0.6 is 31.7 Å². The third-order valence-corrected chi connectivity index (χ3v) is 24.6. The van der Waals surface area contributed by atoms with E-state index in [0.29, 0.717) is 0 Å². The van der Waals surface area contributed by atoms with Gasteiger partial charge < -0.3 is 20.9 Å². The van der Waals surface area contributed by atoms with Gasteiger partial charge in [0.1, 0.15) is 0 Å². The zero-order valence-electron chi connectivity index (χ0n) is 51.3. The van der Waals surface area contributed by atoms with Gasteiger partial charge in [-0.2, -0.15) is 12.4 Å². The molecular weight excluding hydrogens is 1320 g/mol. The number of aromatic nitrogens is 2. The summed E-state index contributed by atoms with van der Waals surface area (Å²) in [5.74, 6) is 0. The van der Waals surface area contributed by atoms with E-state index in [1.165, 1.54) is 63.7 Å². The summed E-state index contributed by atoms with van der Waals surface area (Å²) in [4.78, 5) is 16.7. The molecule has 0 aliphatic heterocycles. The van der Waals surface area contributed by atoms with Gasteiger partial charge in [-0.05, 0) is 120 Å². The number of para-hydroxylation sites is 2. The van der Waals surface area contributed by atoms with E-state index in [4.69, 9.17) is 0 Å². The molecule has 14 rings (SSSR count). The second-order valence-electron chi connectivity index (χ2n) is 20.3. The molecule has 4 N–H and O–H groups in total. The van der Waals surface area contributed by atoms with E-state index in [0.717, 1.165) is 22.8 Å². The SMILES string of the molecule is C(=Nc1ccccc1)c1ccc[n-]1.C(=Nc1ccccc1)c1ccc[n-]1.O.O.[Cu+].[Cu+].c1ccc(P(c2ccccc2)c2ccccc2P(c2ccccc2)c2ccccc2)cc1.c1ccc(P(c2ccccc2)c2ccccc2P(c2ccccc2)c2ccccc2)cc1. The predicted molar refractivity (Wildman–Crippen MR) is 402 cm³/mol. The van der Waals surface area contributed by atoms with Gasteiger partial charge in [0.25, 0.3) is 0 Å². The zero-order valence-corrected chi connectivity index (χ0v) is 56.7. The van der Waals surface area contributed by atoms with E-state index in [2.05, 4.69) is 311 Å². The minimum atomic E-state index is -0.664.